The number of halogens is 1. The van der Waals surface area contributed by atoms with Crippen LogP contribution in [0.4, 0.5) is 0 Å². The maximum absolute atomic E-state index is 4.77. The fraction of sp³-hybridized carbons (Fsp3) is 0.409. The molecule has 0 saturated carbocycles. The van der Waals surface area contributed by atoms with Crippen molar-refractivity contribution >= 4 is 18.2 Å². The Balaban J connectivity index is 0.00000225. The van der Waals surface area contributed by atoms with Crippen molar-refractivity contribution in [3.63, 3.8) is 0 Å². The standard InChI is InChI=1S/C22H28N2.ClH/c1-17(2)18-12-14-20(15-13-18)22(19-9-5-3-6-10-19)24-21-11-7-4-8-16-23-21;/h3,5-6,9-10,12-15,17,22H,4,7-8,11,16H2,1-2H3,(H,23,24);1H. The summed E-state index contributed by atoms with van der Waals surface area (Å²) in [4.78, 5) is 4.77. The summed E-state index contributed by atoms with van der Waals surface area (Å²) < 4.78 is 0. The fourth-order valence-electron chi connectivity index (χ4n) is 3.24. The summed E-state index contributed by atoms with van der Waals surface area (Å²) in [6.45, 7) is 5.43. The summed E-state index contributed by atoms with van der Waals surface area (Å²) in [6, 6.07) is 19.9. The van der Waals surface area contributed by atoms with E-state index < -0.39 is 0 Å². The van der Waals surface area contributed by atoms with E-state index in [1.54, 1.807) is 0 Å². The zero-order valence-corrected chi connectivity index (χ0v) is 16.1. The van der Waals surface area contributed by atoms with Gasteiger partial charge in [-0.25, -0.2) is 0 Å². The van der Waals surface area contributed by atoms with Crippen molar-refractivity contribution in [3.05, 3.63) is 71.3 Å². The van der Waals surface area contributed by atoms with Crippen molar-refractivity contribution < 1.29 is 0 Å². The Kier molecular flexibility index (Phi) is 7.52. The van der Waals surface area contributed by atoms with Gasteiger partial charge in [-0.05, 0) is 35.4 Å². The summed E-state index contributed by atoms with van der Waals surface area (Å²) in [5.41, 5.74) is 3.98. The highest BCUT2D eigenvalue weighted by atomic mass is 35.5. The molecule has 25 heavy (non-hydrogen) atoms. The highest BCUT2D eigenvalue weighted by molar-refractivity contribution is 5.85. The Hall–Kier alpha value is -1.80. The van der Waals surface area contributed by atoms with Gasteiger partial charge in [0.25, 0.3) is 0 Å². The van der Waals surface area contributed by atoms with Crippen molar-refractivity contribution in [3.8, 4) is 0 Å². The van der Waals surface area contributed by atoms with Gasteiger partial charge in [-0.2, -0.15) is 0 Å². The third kappa shape index (κ3) is 5.34. The zero-order chi connectivity index (χ0) is 16.8. The van der Waals surface area contributed by atoms with Gasteiger partial charge in [0.1, 0.15) is 0 Å². The normalized spacial score (nSPS) is 15.7. The van der Waals surface area contributed by atoms with E-state index in [0.717, 1.165) is 18.8 Å². The molecule has 3 heteroatoms. The maximum Gasteiger partial charge on any atom is 0.0970 e. The number of nitrogens with one attached hydrogen (secondary N) is 1. The highest BCUT2D eigenvalue weighted by Crippen LogP contribution is 2.25. The van der Waals surface area contributed by atoms with Crippen LogP contribution in [0.3, 0.4) is 0 Å². The molecule has 1 aliphatic heterocycles. The average molecular weight is 357 g/mol. The van der Waals surface area contributed by atoms with E-state index in [9.17, 15) is 0 Å². The summed E-state index contributed by atoms with van der Waals surface area (Å²) in [5.74, 6) is 1.72. The Morgan fingerprint density at radius 3 is 2.12 bits per heavy atom. The third-order valence-electron chi connectivity index (χ3n) is 4.75. The van der Waals surface area contributed by atoms with E-state index in [4.69, 9.17) is 4.99 Å². The number of hydrogen-bond donors (Lipinski definition) is 1. The molecule has 0 spiro atoms. The average Bonchev–Trinajstić information content (AvgIpc) is 2.89. The van der Waals surface area contributed by atoms with Crippen molar-refractivity contribution in [1.29, 1.82) is 0 Å². The molecule has 1 atom stereocenters. The largest absolute Gasteiger partial charge is 0.363 e. The van der Waals surface area contributed by atoms with Gasteiger partial charge in [0.2, 0.25) is 0 Å². The second-order valence-electron chi connectivity index (χ2n) is 6.95. The quantitative estimate of drug-likeness (QED) is 0.726. The van der Waals surface area contributed by atoms with Crippen LogP contribution in [0.2, 0.25) is 0 Å². The number of aliphatic imine (C=N–C) groups is 1. The lowest BCUT2D eigenvalue weighted by Crippen LogP contribution is -2.29. The van der Waals surface area contributed by atoms with Crippen LogP contribution in [0, 0.1) is 0 Å². The summed E-state index contributed by atoms with van der Waals surface area (Å²) >= 11 is 0. The first-order valence-corrected chi connectivity index (χ1v) is 9.18. The van der Waals surface area contributed by atoms with E-state index in [0.29, 0.717) is 5.92 Å². The van der Waals surface area contributed by atoms with Crippen LogP contribution in [0.1, 0.15) is 68.2 Å². The lowest BCUT2D eigenvalue weighted by Gasteiger charge is -2.22. The van der Waals surface area contributed by atoms with Gasteiger partial charge in [-0.15, -0.1) is 12.4 Å². The summed E-state index contributed by atoms with van der Waals surface area (Å²) in [7, 11) is 0. The van der Waals surface area contributed by atoms with Crippen LogP contribution in [0.25, 0.3) is 0 Å². The molecule has 3 rings (SSSR count). The van der Waals surface area contributed by atoms with E-state index in [2.05, 4.69) is 73.8 Å². The van der Waals surface area contributed by atoms with Gasteiger partial charge in [0.05, 0.1) is 11.9 Å². The van der Waals surface area contributed by atoms with E-state index in [-0.39, 0.29) is 18.4 Å². The summed E-state index contributed by atoms with van der Waals surface area (Å²) in [6.07, 6.45) is 4.80. The molecule has 0 amide bonds. The lowest BCUT2D eigenvalue weighted by atomic mass is 9.95. The molecular formula is C22H29ClN2. The van der Waals surface area contributed by atoms with Gasteiger partial charge in [-0.3, -0.25) is 4.99 Å². The molecule has 0 fully saturated rings. The van der Waals surface area contributed by atoms with Crippen molar-refractivity contribution in [2.75, 3.05) is 6.54 Å². The van der Waals surface area contributed by atoms with Crippen LogP contribution < -0.4 is 5.32 Å². The Bertz CT molecular complexity index is 662. The number of nitrogens with zero attached hydrogens (tertiary/aromatic N) is 1. The van der Waals surface area contributed by atoms with Gasteiger partial charge < -0.3 is 5.32 Å². The summed E-state index contributed by atoms with van der Waals surface area (Å²) in [5, 5.41) is 3.73. The van der Waals surface area contributed by atoms with Crippen molar-refractivity contribution in [1.82, 2.24) is 5.32 Å². The molecule has 2 aromatic carbocycles. The molecule has 1 heterocycles. The van der Waals surface area contributed by atoms with Crippen LogP contribution in [-0.4, -0.2) is 12.4 Å². The van der Waals surface area contributed by atoms with Gasteiger partial charge in [-0.1, -0.05) is 74.9 Å². The minimum atomic E-state index is 0. The number of benzene rings is 2. The molecule has 1 unspecified atom stereocenters. The Morgan fingerprint density at radius 1 is 0.800 bits per heavy atom. The predicted molar refractivity (Wildman–Crippen MR) is 110 cm³/mol. The first-order chi connectivity index (χ1) is 11.7. The SMILES string of the molecule is CC(C)c1ccc(C(NC2=NCCCCC2)c2ccccc2)cc1.Cl. The molecule has 134 valence electrons. The number of rotatable bonds is 4. The van der Waals surface area contributed by atoms with E-state index in [1.807, 2.05) is 0 Å². The molecule has 0 saturated heterocycles. The Morgan fingerprint density at radius 2 is 1.44 bits per heavy atom. The predicted octanol–water partition coefficient (Wildman–Crippen LogP) is 5.88. The zero-order valence-electron chi connectivity index (χ0n) is 15.2. The molecule has 0 bridgehead atoms. The van der Waals surface area contributed by atoms with E-state index >= 15 is 0 Å². The minimum absolute atomic E-state index is 0. The molecular weight excluding hydrogens is 328 g/mol. The lowest BCUT2D eigenvalue weighted by molar-refractivity contribution is 0.716. The molecule has 0 aromatic heterocycles. The molecule has 1 aliphatic rings. The Labute approximate surface area is 158 Å². The second kappa shape index (κ2) is 9.62. The molecule has 1 N–H and O–H groups in total. The third-order valence-corrected chi connectivity index (χ3v) is 4.75. The molecule has 0 aliphatic carbocycles. The first-order valence-electron chi connectivity index (χ1n) is 9.18. The smallest absolute Gasteiger partial charge is 0.0970 e. The van der Waals surface area contributed by atoms with Gasteiger partial charge in [0, 0.05) is 13.0 Å². The fourth-order valence-corrected chi connectivity index (χ4v) is 3.24. The number of hydrogen-bond acceptors (Lipinski definition) is 2. The van der Waals surface area contributed by atoms with Crippen molar-refractivity contribution in [2.24, 2.45) is 4.99 Å². The van der Waals surface area contributed by atoms with Crippen LogP contribution in [0.15, 0.2) is 59.6 Å². The number of amidine groups is 1. The first kappa shape index (κ1) is 19.5. The minimum Gasteiger partial charge on any atom is -0.363 e. The second-order valence-corrected chi connectivity index (χ2v) is 6.95. The van der Waals surface area contributed by atoms with Crippen LogP contribution in [-0.2, 0) is 0 Å². The maximum atomic E-state index is 4.77. The highest BCUT2D eigenvalue weighted by Gasteiger charge is 2.16. The topological polar surface area (TPSA) is 24.4 Å². The van der Waals surface area contributed by atoms with Gasteiger partial charge >= 0.3 is 0 Å². The molecule has 2 aromatic rings. The molecule has 2 nitrogen and oxygen atoms in total. The van der Waals surface area contributed by atoms with E-state index in [1.165, 1.54) is 36.0 Å². The van der Waals surface area contributed by atoms with Crippen LogP contribution >= 0.6 is 12.4 Å². The molecule has 0 radical (unpaired) electrons. The van der Waals surface area contributed by atoms with Crippen LogP contribution in [0.5, 0.6) is 0 Å². The van der Waals surface area contributed by atoms with Gasteiger partial charge in [0.15, 0.2) is 0 Å². The van der Waals surface area contributed by atoms with Crippen molar-refractivity contribution in [2.45, 2.75) is 51.5 Å². The monoisotopic (exact) mass is 356 g/mol.